The molecule has 0 aliphatic rings. The summed E-state index contributed by atoms with van der Waals surface area (Å²) in [6.07, 6.45) is 4.20. The maximum absolute atomic E-state index is 8.89. The van der Waals surface area contributed by atoms with Crippen LogP contribution in [-0.4, -0.2) is 22.2 Å². The van der Waals surface area contributed by atoms with E-state index in [2.05, 4.69) is 40.1 Å². The quantitative estimate of drug-likeness (QED) is 0.872. The highest BCUT2D eigenvalue weighted by Gasteiger charge is 2.17. The normalized spacial score (nSPS) is 11.4. The minimum absolute atomic E-state index is 0.112. The molecule has 0 radical (unpaired) electrons. The van der Waals surface area contributed by atoms with Crippen molar-refractivity contribution in [2.75, 3.05) is 11.9 Å². The van der Waals surface area contributed by atoms with E-state index in [0.717, 1.165) is 10.2 Å². The minimum Gasteiger partial charge on any atom is -0.396 e. The molecule has 0 saturated carbocycles. The monoisotopic (exact) mass is 258 g/mol. The van der Waals surface area contributed by atoms with Gasteiger partial charge in [-0.1, -0.05) is 0 Å². The first kappa shape index (κ1) is 11.5. The number of nitrogens with zero attached hydrogens (tertiary/aromatic N) is 1. The molecule has 0 amide bonds. The molecule has 0 unspecified atom stereocenters. The van der Waals surface area contributed by atoms with Crippen molar-refractivity contribution in [3.8, 4) is 0 Å². The lowest BCUT2D eigenvalue weighted by Gasteiger charge is -2.27. The van der Waals surface area contributed by atoms with Crippen LogP contribution in [0.15, 0.2) is 22.9 Å². The van der Waals surface area contributed by atoms with E-state index in [1.807, 2.05) is 6.07 Å². The van der Waals surface area contributed by atoms with Gasteiger partial charge in [0.25, 0.3) is 0 Å². The summed E-state index contributed by atoms with van der Waals surface area (Å²) in [6, 6.07) is 1.91. The number of hydrogen-bond acceptors (Lipinski definition) is 3. The molecular weight excluding hydrogens is 244 g/mol. The zero-order valence-electron chi connectivity index (χ0n) is 8.42. The number of halogens is 1. The number of hydrogen-bond donors (Lipinski definition) is 2. The Morgan fingerprint density at radius 3 is 2.86 bits per heavy atom. The first-order valence-electron chi connectivity index (χ1n) is 4.54. The molecule has 0 fully saturated rings. The summed E-state index contributed by atoms with van der Waals surface area (Å²) in [6.45, 7) is 4.29. The second-order valence-electron chi connectivity index (χ2n) is 3.84. The fourth-order valence-corrected chi connectivity index (χ4v) is 1.53. The lowest BCUT2D eigenvalue weighted by molar-refractivity contribution is 0.261. The van der Waals surface area contributed by atoms with Crippen LogP contribution in [0.2, 0.25) is 0 Å². The van der Waals surface area contributed by atoms with E-state index >= 15 is 0 Å². The van der Waals surface area contributed by atoms with Crippen molar-refractivity contribution in [3.63, 3.8) is 0 Å². The van der Waals surface area contributed by atoms with Crippen molar-refractivity contribution in [3.05, 3.63) is 22.9 Å². The Hall–Kier alpha value is -0.610. The van der Waals surface area contributed by atoms with Crippen LogP contribution in [0, 0.1) is 0 Å². The van der Waals surface area contributed by atoms with Crippen LogP contribution < -0.4 is 5.32 Å². The largest absolute Gasteiger partial charge is 0.396 e. The van der Waals surface area contributed by atoms with Crippen molar-refractivity contribution < 1.29 is 5.11 Å². The fourth-order valence-electron chi connectivity index (χ4n) is 1.18. The summed E-state index contributed by atoms with van der Waals surface area (Å²) in [4.78, 5) is 3.98. The third kappa shape index (κ3) is 3.27. The van der Waals surface area contributed by atoms with Crippen LogP contribution in [0.25, 0.3) is 0 Å². The molecule has 1 aromatic heterocycles. The van der Waals surface area contributed by atoms with Gasteiger partial charge in [-0.05, 0) is 42.3 Å². The molecule has 0 spiro atoms. The smallest absolute Gasteiger partial charge is 0.0590 e. The zero-order chi connectivity index (χ0) is 10.6. The molecule has 0 atom stereocenters. The Kier molecular flexibility index (Phi) is 3.89. The summed E-state index contributed by atoms with van der Waals surface area (Å²) < 4.78 is 0.936. The molecule has 0 aliphatic carbocycles. The Morgan fingerprint density at radius 1 is 1.57 bits per heavy atom. The third-order valence-electron chi connectivity index (χ3n) is 1.98. The summed E-state index contributed by atoms with van der Waals surface area (Å²) in [5, 5.41) is 12.2. The SMILES string of the molecule is CC(C)(CCO)Nc1ccncc1Br. The van der Waals surface area contributed by atoms with Gasteiger partial charge in [0.05, 0.1) is 10.2 Å². The standard InChI is InChI=1S/C10H15BrN2O/c1-10(2,4-6-14)13-9-3-5-12-7-8(9)11/h3,5,7,14H,4,6H2,1-2H3,(H,12,13). The average molecular weight is 259 g/mol. The number of aliphatic hydroxyl groups is 1. The summed E-state index contributed by atoms with van der Waals surface area (Å²) in [7, 11) is 0. The van der Waals surface area contributed by atoms with Crippen molar-refractivity contribution in [1.29, 1.82) is 0 Å². The van der Waals surface area contributed by atoms with Gasteiger partial charge in [-0.25, -0.2) is 0 Å². The molecule has 78 valence electrons. The minimum atomic E-state index is -0.112. The van der Waals surface area contributed by atoms with E-state index in [9.17, 15) is 0 Å². The summed E-state index contributed by atoms with van der Waals surface area (Å²) in [5.74, 6) is 0. The van der Waals surface area contributed by atoms with E-state index < -0.39 is 0 Å². The van der Waals surface area contributed by atoms with Crippen LogP contribution in [0.1, 0.15) is 20.3 Å². The van der Waals surface area contributed by atoms with Gasteiger partial charge >= 0.3 is 0 Å². The first-order chi connectivity index (χ1) is 6.55. The van der Waals surface area contributed by atoms with Crippen LogP contribution in [-0.2, 0) is 0 Å². The van der Waals surface area contributed by atoms with Crippen LogP contribution in [0.5, 0.6) is 0 Å². The lowest BCUT2D eigenvalue weighted by Crippen LogP contribution is -2.32. The maximum Gasteiger partial charge on any atom is 0.0590 e. The average Bonchev–Trinajstić information content (AvgIpc) is 2.08. The summed E-state index contributed by atoms with van der Waals surface area (Å²) >= 11 is 3.41. The highest BCUT2D eigenvalue weighted by atomic mass is 79.9. The van der Waals surface area contributed by atoms with Gasteiger partial charge in [-0.3, -0.25) is 4.98 Å². The van der Waals surface area contributed by atoms with Crippen molar-refractivity contribution in [2.24, 2.45) is 0 Å². The zero-order valence-corrected chi connectivity index (χ0v) is 10.0. The topological polar surface area (TPSA) is 45.1 Å². The molecule has 0 bridgehead atoms. The van der Waals surface area contributed by atoms with Gasteiger partial charge in [0.15, 0.2) is 0 Å². The molecule has 14 heavy (non-hydrogen) atoms. The van der Waals surface area contributed by atoms with E-state index in [1.54, 1.807) is 12.4 Å². The maximum atomic E-state index is 8.89. The number of aromatic nitrogens is 1. The molecule has 2 N–H and O–H groups in total. The molecule has 1 aromatic rings. The number of anilines is 1. The molecule has 0 aliphatic heterocycles. The Labute approximate surface area is 92.7 Å². The van der Waals surface area contributed by atoms with E-state index in [4.69, 9.17) is 5.11 Å². The van der Waals surface area contributed by atoms with Crippen LogP contribution in [0.4, 0.5) is 5.69 Å². The molecule has 3 nitrogen and oxygen atoms in total. The first-order valence-corrected chi connectivity index (χ1v) is 5.33. The van der Waals surface area contributed by atoms with Gasteiger partial charge in [0.1, 0.15) is 0 Å². The highest BCUT2D eigenvalue weighted by molar-refractivity contribution is 9.10. The molecule has 1 rings (SSSR count). The number of pyridine rings is 1. The Bertz CT molecular complexity index is 302. The van der Waals surface area contributed by atoms with Gasteiger partial charge in [0, 0.05) is 24.5 Å². The van der Waals surface area contributed by atoms with Crippen molar-refractivity contribution >= 4 is 21.6 Å². The molecule has 0 saturated heterocycles. The fraction of sp³-hybridized carbons (Fsp3) is 0.500. The van der Waals surface area contributed by atoms with Crippen molar-refractivity contribution in [1.82, 2.24) is 4.98 Å². The molecule has 0 aromatic carbocycles. The third-order valence-corrected chi connectivity index (χ3v) is 2.61. The Balaban J connectivity index is 2.73. The number of nitrogens with one attached hydrogen (secondary N) is 1. The predicted octanol–water partition coefficient (Wildman–Crippen LogP) is 2.42. The number of rotatable bonds is 4. The predicted molar refractivity (Wildman–Crippen MR) is 61.3 cm³/mol. The van der Waals surface area contributed by atoms with Gasteiger partial charge in [-0.15, -0.1) is 0 Å². The summed E-state index contributed by atoms with van der Waals surface area (Å²) in [5.41, 5.74) is 0.886. The van der Waals surface area contributed by atoms with Gasteiger partial charge in [-0.2, -0.15) is 0 Å². The van der Waals surface area contributed by atoms with Crippen LogP contribution in [0.3, 0.4) is 0 Å². The van der Waals surface area contributed by atoms with E-state index in [1.165, 1.54) is 0 Å². The van der Waals surface area contributed by atoms with Gasteiger partial charge < -0.3 is 10.4 Å². The Morgan fingerprint density at radius 2 is 2.29 bits per heavy atom. The number of aliphatic hydroxyl groups excluding tert-OH is 1. The van der Waals surface area contributed by atoms with Crippen molar-refractivity contribution in [2.45, 2.75) is 25.8 Å². The lowest BCUT2D eigenvalue weighted by atomic mass is 10.0. The van der Waals surface area contributed by atoms with Crippen LogP contribution >= 0.6 is 15.9 Å². The molecular formula is C10H15BrN2O. The van der Waals surface area contributed by atoms with E-state index in [-0.39, 0.29) is 12.1 Å². The molecule has 1 heterocycles. The second kappa shape index (κ2) is 4.75. The van der Waals surface area contributed by atoms with Gasteiger partial charge in [0.2, 0.25) is 0 Å². The highest BCUT2D eigenvalue weighted by Crippen LogP contribution is 2.24. The second-order valence-corrected chi connectivity index (χ2v) is 4.69. The van der Waals surface area contributed by atoms with E-state index in [0.29, 0.717) is 6.42 Å². The molecule has 4 heteroatoms.